The molecule has 2 heteroatoms. The van der Waals surface area contributed by atoms with E-state index >= 15 is 0 Å². The molecule has 3 aliphatic rings. The average Bonchev–Trinajstić information content (AvgIpc) is 3.17. The molecule has 3 aliphatic carbocycles. The van der Waals surface area contributed by atoms with Gasteiger partial charge in [-0.1, -0.05) is 193 Å². The second-order valence-electron chi connectivity index (χ2n) is 12.9. The van der Waals surface area contributed by atoms with E-state index in [1.807, 2.05) is 0 Å². The summed E-state index contributed by atoms with van der Waals surface area (Å²) < 4.78 is 0.930. The summed E-state index contributed by atoms with van der Waals surface area (Å²) in [4.78, 5) is 0. The summed E-state index contributed by atoms with van der Waals surface area (Å²) in [6.07, 6.45) is 23.3. The highest BCUT2D eigenvalue weighted by atomic mass is 127. The zero-order valence-corrected chi connectivity index (χ0v) is 29.5. The maximum absolute atomic E-state index is 6.96. The Labute approximate surface area is 302 Å². The van der Waals surface area contributed by atoms with Gasteiger partial charge >= 0.3 is 0 Å². The van der Waals surface area contributed by atoms with Crippen LogP contribution in [0, 0.1) is 17.8 Å². The second-order valence-corrected chi connectivity index (χ2v) is 13.8. The minimum absolute atomic E-state index is 0.193. The molecule has 238 valence electrons. The molecular formula is C47H38IN. The number of alkyl halides is 1. The average molecular weight is 744 g/mol. The van der Waals surface area contributed by atoms with Gasteiger partial charge in [0, 0.05) is 33.5 Å². The monoisotopic (exact) mass is 743 g/mol. The molecule has 0 fully saturated rings. The third-order valence-electron chi connectivity index (χ3n) is 10.2. The summed E-state index contributed by atoms with van der Waals surface area (Å²) in [6.45, 7) is 0. The predicted molar refractivity (Wildman–Crippen MR) is 217 cm³/mol. The Hall–Kier alpha value is -4.93. The lowest BCUT2D eigenvalue weighted by Crippen LogP contribution is -2.40. The molecule has 0 saturated heterocycles. The molecule has 8 rings (SSSR count). The molecule has 0 bridgehead atoms. The highest BCUT2D eigenvalue weighted by Gasteiger charge is 2.32. The SMILES string of the molecule is N/C(=C(\C=C/CI)c1cccc(C2=c3ccccc3=C(c3ccc(-c4ccccc4)c4ccccc34)C3C=CC=CC23)c1)C1C=CC=CC1. The van der Waals surface area contributed by atoms with Crippen molar-refractivity contribution in [2.24, 2.45) is 23.5 Å². The van der Waals surface area contributed by atoms with Crippen molar-refractivity contribution in [3.05, 3.63) is 209 Å². The van der Waals surface area contributed by atoms with Crippen molar-refractivity contribution in [1.82, 2.24) is 0 Å². The van der Waals surface area contributed by atoms with Gasteiger partial charge in [0.25, 0.3) is 0 Å². The van der Waals surface area contributed by atoms with Crippen LogP contribution in [0.1, 0.15) is 23.1 Å². The standard InChI is InChI=1S/C47H38IN/c48-30-14-27-37(47(49)33-17-5-2-6-18-33)34-19-13-20-35(31-34)45-40-23-9-11-25-42(40)46(43-26-12-10-24-41(43)45)44-29-28-36(32-15-3-1-4-16-32)38-21-7-8-22-39(38)44/h1-17,19-29,31,33,40,42H,18,30,49H2/b27-14-,47-37+. The molecule has 1 nitrogen and oxygen atoms in total. The normalized spacial score (nSPS) is 20.1. The van der Waals surface area contributed by atoms with Crippen LogP contribution in [0.4, 0.5) is 0 Å². The van der Waals surface area contributed by atoms with Crippen molar-refractivity contribution in [2.45, 2.75) is 6.42 Å². The van der Waals surface area contributed by atoms with E-state index in [1.165, 1.54) is 54.6 Å². The quantitative estimate of drug-likeness (QED) is 0.100. The van der Waals surface area contributed by atoms with Crippen LogP contribution in [0.2, 0.25) is 0 Å². The Morgan fingerprint density at radius 1 is 0.633 bits per heavy atom. The van der Waals surface area contributed by atoms with E-state index in [-0.39, 0.29) is 17.8 Å². The number of rotatable bonds is 7. The van der Waals surface area contributed by atoms with Crippen molar-refractivity contribution in [3.63, 3.8) is 0 Å². The molecule has 0 heterocycles. The van der Waals surface area contributed by atoms with Gasteiger partial charge in [0.2, 0.25) is 0 Å². The lowest BCUT2D eigenvalue weighted by Gasteiger charge is -2.34. The van der Waals surface area contributed by atoms with Gasteiger partial charge in [-0.15, -0.1) is 0 Å². The zero-order valence-electron chi connectivity index (χ0n) is 27.3. The molecule has 5 aromatic rings. The van der Waals surface area contributed by atoms with E-state index in [0.717, 1.165) is 27.7 Å². The molecular weight excluding hydrogens is 705 g/mol. The van der Waals surface area contributed by atoms with E-state index < -0.39 is 0 Å². The topological polar surface area (TPSA) is 26.0 Å². The molecule has 5 aromatic carbocycles. The largest absolute Gasteiger partial charge is 0.401 e. The summed E-state index contributed by atoms with van der Waals surface area (Å²) in [7, 11) is 0. The first-order valence-corrected chi connectivity index (χ1v) is 18.7. The maximum atomic E-state index is 6.96. The van der Waals surface area contributed by atoms with E-state index in [2.05, 4.69) is 199 Å². The van der Waals surface area contributed by atoms with Gasteiger partial charge in [-0.2, -0.15) is 0 Å². The van der Waals surface area contributed by atoms with Crippen molar-refractivity contribution in [2.75, 3.05) is 4.43 Å². The molecule has 3 unspecified atom stereocenters. The molecule has 0 spiro atoms. The van der Waals surface area contributed by atoms with Crippen LogP contribution in [0.3, 0.4) is 0 Å². The summed E-state index contributed by atoms with van der Waals surface area (Å²) in [5, 5.41) is 5.18. The van der Waals surface area contributed by atoms with E-state index in [4.69, 9.17) is 5.73 Å². The molecule has 0 aromatic heterocycles. The predicted octanol–water partition coefficient (Wildman–Crippen LogP) is 10.1. The van der Waals surface area contributed by atoms with Crippen molar-refractivity contribution in [3.8, 4) is 11.1 Å². The van der Waals surface area contributed by atoms with E-state index in [1.54, 1.807) is 0 Å². The number of hydrogen-bond acceptors (Lipinski definition) is 1. The number of fused-ring (bicyclic) bond motifs is 3. The van der Waals surface area contributed by atoms with E-state index in [9.17, 15) is 0 Å². The minimum Gasteiger partial charge on any atom is -0.401 e. The number of hydrogen-bond donors (Lipinski definition) is 1. The van der Waals surface area contributed by atoms with Crippen LogP contribution < -0.4 is 16.2 Å². The van der Waals surface area contributed by atoms with Crippen LogP contribution in [0.25, 0.3) is 38.6 Å². The fourth-order valence-corrected chi connectivity index (χ4v) is 8.19. The van der Waals surface area contributed by atoms with Crippen molar-refractivity contribution >= 4 is 50.1 Å². The smallest absolute Gasteiger partial charge is 0.0233 e. The number of nitrogens with two attached hydrogens (primary N) is 1. The highest BCUT2D eigenvalue weighted by Crippen LogP contribution is 2.43. The number of allylic oxidation sites excluding steroid dienone is 11. The highest BCUT2D eigenvalue weighted by molar-refractivity contribution is 14.1. The second kappa shape index (κ2) is 13.9. The zero-order chi connectivity index (χ0) is 33.2. The fraction of sp³-hybridized carbons (Fsp3) is 0.106. The van der Waals surface area contributed by atoms with Crippen LogP contribution in [0.5, 0.6) is 0 Å². The Balaban J connectivity index is 1.37. The van der Waals surface area contributed by atoms with Gasteiger partial charge in [0.05, 0.1) is 0 Å². The first-order valence-electron chi connectivity index (χ1n) is 17.1. The Morgan fingerprint density at radius 3 is 2.00 bits per heavy atom. The first-order chi connectivity index (χ1) is 24.2. The number of benzene rings is 5. The lowest BCUT2D eigenvalue weighted by atomic mass is 9.69. The van der Waals surface area contributed by atoms with Crippen LogP contribution in [-0.2, 0) is 0 Å². The van der Waals surface area contributed by atoms with Crippen molar-refractivity contribution < 1.29 is 0 Å². The maximum Gasteiger partial charge on any atom is 0.0233 e. The third kappa shape index (κ3) is 5.89. The molecule has 0 radical (unpaired) electrons. The van der Waals surface area contributed by atoms with Crippen LogP contribution in [-0.4, -0.2) is 4.43 Å². The molecule has 0 aliphatic heterocycles. The molecule has 2 N–H and O–H groups in total. The van der Waals surface area contributed by atoms with Crippen LogP contribution in [0.15, 0.2) is 182 Å². The molecule has 3 atom stereocenters. The summed E-state index contributed by atoms with van der Waals surface area (Å²) in [5.74, 6) is 0.586. The molecule has 49 heavy (non-hydrogen) atoms. The van der Waals surface area contributed by atoms with Gasteiger partial charge in [-0.25, -0.2) is 0 Å². The summed E-state index contributed by atoms with van der Waals surface area (Å²) in [6, 6.07) is 42.4. The van der Waals surface area contributed by atoms with E-state index in [0.29, 0.717) is 0 Å². The number of halogens is 1. The van der Waals surface area contributed by atoms with Gasteiger partial charge in [-0.3, -0.25) is 0 Å². The van der Waals surface area contributed by atoms with Gasteiger partial charge in [0.15, 0.2) is 0 Å². The third-order valence-corrected chi connectivity index (χ3v) is 10.7. The summed E-state index contributed by atoms with van der Waals surface area (Å²) in [5.41, 5.74) is 18.0. The Kier molecular flexibility index (Phi) is 8.89. The van der Waals surface area contributed by atoms with Crippen LogP contribution >= 0.6 is 22.6 Å². The van der Waals surface area contributed by atoms with Gasteiger partial charge in [0.1, 0.15) is 0 Å². The summed E-state index contributed by atoms with van der Waals surface area (Å²) >= 11 is 2.40. The molecule has 0 amide bonds. The van der Waals surface area contributed by atoms with Gasteiger partial charge in [-0.05, 0) is 72.7 Å². The van der Waals surface area contributed by atoms with Crippen molar-refractivity contribution in [1.29, 1.82) is 0 Å². The lowest BCUT2D eigenvalue weighted by molar-refractivity contribution is 0.687. The first kappa shape index (κ1) is 31.3. The Morgan fingerprint density at radius 2 is 1.27 bits per heavy atom. The fourth-order valence-electron chi connectivity index (χ4n) is 7.93. The minimum atomic E-state index is 0.193. The van der Waals surface area contributed by atoms with Gasteiger partial charge < -0.3 is 5.73 Å². The molecule has 0 saturated carbocycles. The Bertz CT molecular complexity index is 2370.